The second kappa shape index (κ2) is 6.40. The first-order valence-corrected chi connectivity index (χ1v) is 12.1. The molecule has 120 valence electrons. The highest BCUT2D eigenvalue weighted by Crippen LogP contribution is 2.55. The fourth-order valence-corrected chi connectivity index (χ4v) is 16.2. The van der Waals surface area contributed by atoms with E-state index in [4.69, 9.17) is 0 Å². The van der Waals surface area contributed by atoms with Crippen LogP contribution >= 0.6 is 0 Å². The van der Waals surface area contributed by atoms with E-state index in [1.807, 2.05) is 0 Å². The highest BCUT2D eigenvalue weighted by atomic mass is 28.4. The van der Waals surface area contributed by atoms with Crippen molar-refractivity contribution in [2.75, 3.05) is 0 Å². The lowest BCUT2D eigenvalue weighted by atomic mass is 10.1. The average Bonchev–Trinajstić information content (AvgIpc) is 2.19. The van der Waals surface area contributed by atoms with Crippen LogP contribution in [0, 0.1) is 0 Å². The van der Waals surface area contributed by atoms with Crippen molar-refractivity contribution in [1.82, 2.24) is 3.55 Å². The summed E-state index contributed by atoms with van der Waals surface area (Å²) >= 11 is -1.24. The molecule has 1 nitrogen and oxygen atoms in total. The molecule has 0 aliphatic heterocycles. The molecule has 0 fully saturated rings. The molecule has 0 spiro atoms. The zero-order chi connectivity index (χ0) is 16.6. The van der Waals surface area contributed by atoms with Crippen molar-refractivity contribution in [3.63, 3.8) is 0 Å². The molecule has 0 N–H and O–H groups in total. The van der Waals surface area contributed by atoms with Gasteiger partial charge in [-0.15, -0.1) is 0 Å². The maximum atomic E-state index is 16.7. The van der Waals surface area contributed by atoms with E-state index in [1.54, 1.807) is 0 Å². The molecular weight excluding hydrogens is 280 g/mol. The van der Waals surface area contributed by atoms with E-state index >= 15 is 4.11 Å². The van der Waals surface area contributed by atoms with Crippen LogP contribution in [0.3, 0.4) is 0 Å². The van der Waals surface area contributed by atoms with Crippen LogP contribution in [0.25, 0.3) is 0 Å². The topological polar surface area (TPSA) is 3.24 Å². The quantitative estimate of drug-likeness (QED) is 0.445. The summed E-state index contributed by atoms with van der Waals surface area (Å²) in [6, 6.07) is 0. The lowest BCUT2D eigenvalue weighted by Crippen LogP contribution is -2.71. The summed E-state index contributed by atoms with van der Waals surface area (Å²) in [5.74, 6) is 0. The molecule has 0 rings (SSSR count). The third kappa shape index (κ3) is 3.88. The summed E-state index contributed by atoms with van der Waals surface area (Å²) in [6.07, 6.45) is 0. The van der Waals surface area contributed by atoms with Crippen LogP contribution in [0.4, 0.5) is 4.11 Å². The van der Waals surface area contributed by atoms with Crippen molar-refractivity contribution in [2.45, 2.75) is 102 Å². The van der Waals surface area contributed by atoms with E-state index in [9.17, 15) is 0 Å². The minimum Gasteiger partial charge on any atom is -0.377 e. The maximum Gasteiger partial charge on any atom is 0.367 e. The fraction of sp³-hybridized carbons (Fsp3) is 1.00. The number of hydrogen-bond donors (Lipinski definition) is 0. The standard InChI is InChI=1S/C12H27FNSi.2C2H5.Al/c1-10(2,3)14-15(13,11(4,5)6)12(7,8)9;2*1-2;/h1-9H3;2*1H2,2H3;/q-1;;;+1. The molecule has 0 saturated carbocycles. The summed E-state index contributed by atoms with van der Waals surface area (Å²) in [4.78, 5) is 0. The third-order valence-corrected chi connectivity index (χ3v) is 15.2. The summed E-state index contributed by atoms with van der Waals surface area (Å²) in [6.45, 7) is 23.8. The highest BCUT2D eigenvalue weighted by Gasteiger charge is 2.63. The molecule has 0 heterocycles. The predicted molar refractivity (Wildman–Crippen MR) is 94.6 cm³/mol. The van der Waals surface area contributed by atoms with Crippen LogP contribution in [0.15, 0.2) is 0 Å². The summed E-state index contributed by atoms with van der Waals surface area (Å²) in [7, 11) is -3.13. The van der Waals surface area contributed by atoms with Gasteiger partial charge in [-0.1, -0.05) is 66.0 Å². The molecular formula is C16H37AlFNSi. The zero-order valence-electron chi connectivity index (χ0n) is 15.8. The highest BCUT2D eigenvalue weighted by molar-refractivity contribution is 6.85. The molecule has 0 bridgehead atoms. The second-order valence-electron chi connectivity index (χ2n) is 9.13. The minimum atomic E-state index is -3.13. The largest absolute Gasteiger partial charge is 0.377 e. The SMILES string of the molecule is C[CH2][Al]([CH2]C)[N](C(C)(C)C)[Si](F)(C(C)(C)C)C(C)(C)C. The van der Waals surface area contributed by atoms with Crippen molar-refractivity contribution in [2.24, 2.45) is 0 Å². The van der Waals surface area contributed by atoms with Gasteiger partial charge in [-0.2, -0.15) is 0 Å². The van der Waals surface area contributed by atoms with Crippen molar-refractivity contribution < 1.29 is 4.11 Å². The van der Waals surface area contributed by atoms with Gasteiger partial charge < -0.3 is 3.55 Å². The van der Waals surface area contributed by atoms with Crippen molar-refractivity contribution in [1.29, 1.82) is 0 Å². The smallest absolute Gasteiger partial charge is 0.367 e. The molecule has 0 aliphatic carbocycles. The maximum absolute atomic E-state index is 16.7. The number of rotatable bonds is 4. The molecule has 0 aliphatic rings. The number of halogens is 1. The molecule has 0 radical (unpaired) electrons. The van der Waals surface area contributed by atoms with Crippen molar-refractivity contribution in [3.8, 4) is 0 Å². The Hall–Kier alpha value is 0.639. The van der Waals surface area contributed by atoms with Crippen molar-refractivity contribution >= 4 is 22.9 Å². The van der Waals surface area contributed by atoms with E-state index < -0.39 is 22.9 Å². The van der Waals surface area contributed by atoms with Gasteiger partial charge in [-0.25, -0.2) is 0 Å². The van der Waals surface area contributed by atoms with Gasteiger partial charge >= 0.3 is 22.9 Å². The molecule has 0 aromatic carbocycles. The third-order valence-electron chi connectivity index (χ3n) is 4.35. The van der Waals surface area contributed by atoms with Crippen LogP contribution in [0.5, 0.6) is 0 Å². The van der Waals surface area contributed by atoms with E-state index in [0.717, 1.165) is 10.6 Å². The molecule has 0 atom stereocenters. The fourth-order valence-electron chi connectivity index (χ4n) is 3.76. The first kappa shape index (κ1) is 20.6. The monoisotopic (exact) mass is 317 g/mol. The first-order chi connectivity index (χ1) is 8.64. The summed E-state index contributed by atoms with van der Waals surface area (Å²) in [5, 5.41) is 1.76. The van der Waals surface area contributed by atoms with E-state index in [0.29, 0.717) is 0 Å². The zero-order valence-corrected chi connectivity index (χ0v) is 18.0. The van der Waals surface area contributed by atoms with Crippen LogP contribution in [0.1, 0.15) is 76.2 Å². The Morgan fingerprint density at radius 1 is 0.800 bits per heavy atom. The normalized spacial score (nSPS) is 14.8. The Balaban J connectivity index is 6.20. The van der Waals surface area contributed by atoms with Gasteiger partial charge in [0.25, 0.3) is 0 Å². The van der Waals surface area contributed by atoms with Gasteiger partial charge in [0.1, 0.15) is 0 Å². The summed E-state index contributed by atoms with van der Waals surface area (Å²) < 4.78 is 19.1. The lowest BCUT2D eigenvalue weighted by molar-refractivity contribution is 0.284. The van der Waals surface area contributed by atoms with Gasteiger partial charge in [-0.05, 0) is 36.4 Å². The Labute approximate surface area is 133 Å². The van der Waals surface area contributed by atoms with Crippen molar-refractivity contribution in [3.05, 3.63) is 0 Å². The second-order valence-corrected chi connectivity index (χ2v) is 17.8. The van der Waals surface area contributed by atoms with Crippen LogP contribution in [0.2, 0.25) is 20.6 Å². The van der Waals surface area contributed by atoms with Gasteiger partial charge in [0.15, 0.2) is 0 Å². The summed E-state index contributed by atoms with van der Waals surface area (Å²) in [5.41, 5.74) is -0.0789. The molecule has 4 heteroatoms. The van der Waals surface area contributed by atoms with Gasteiger partial charge in [0, 0.05) is 0 Å². The lowest BCUT2D eigenvalue weighted by Gasteiger charge is -2.58. The van der Waals surface area contributed by atoms with E-state index in [-0.39, 0.29) is 15.6 Å². The average molecular weight is 318 g/mol. The number of nitrogens with zero attached hydrogens (tertiary/aromatic N) is 1. The molecule has 0 aromatic heterocycles. The molecule has 0 aromatic rings. The van der Waals surface area contributed by atoms with Crippen LogP contribution in [-0.4, -0.2) is 32.0 Å². The van der Waals surface area contributed by atoms with E-state index in [1.165, 1.54) is 0 Å². The van der Waals surface area contributed by atoms with E-state index in [2.05, 4.69) is 79.7 Å². The molecule has 0 amide bonds. The number of hydrogen-bond acceptors (Lipinski definition) is 1. The first-order valence-electron chi connectivity index (χ1n) is 8.13. The molecule has 0 unspecified atom stereocenters. The Morgan fingerprint density at radius 2 is 1.10 bits per heavy atom. The van der Waals surface area contributed by atoms with Gasteiger partial charge in [-0.3, -0.25) is 4.11 Å². The minimum absolute atomic E-state index is 0.0789. The molecule has 0 saturated heterocycles. The predicted octanol–water partition coefficient (Wildman–Crippen LogP) is 6.13. The van der Waals surface area contributed by atoms with Gasteiger partial charge in [0.05, 0.1) is 0 Å². The van der Waals surface area contributed by atoms with Crippen LogP contribution < -0.4 is 0 Å². The Kier molecular flexibility index (Phi) is 6.61. The van der Waals surface area contributed by atoms with Crippen LogP contribution in [-0.2, 0) is 0 Å². The Bertz CT molecular complexity index is 294. The van der Waals surface area contributed by atoms with Gasteiger partial charge in [0.2, 0.25) is 0 Å². The molecule has 20 heavy (non-hydrogen) atoms. The Morgan fingerprint density at radius 3 is 1.25 bits per heavy atom.